The van der Waals surface area contributed by atoms with Gasteiger partial charge in [-0.1, -0.05) is 23.1 Å². The number of nitrogens with two attached hydrogens (primary N) is 1. The fourth-order valence-corrected chi connectivity index (χ4v) is 3.18. The van der Waals surface area contributed by atoms with Crippen LogP contribution >= 0.6 is 23.1 Å². The first-order chi connectivity index (χ1) is 7.34. The van der Waals surface area contributed by atoms with Gasteiger partial charge in [-0.2, -0.15) is 0 Å². The minimum Gasteiger partial charge on any atom is -0.374 e. The maximum atomic E-state index is 5.51. The molecule has 2 rings (SSSR count). The molecule has 7 heteroatoms. The van der Waals surface area contributed by atoms with E-state index in [-0.39, 0.29) is 0 Å². The summed E-state index contributed by atoms with van der Waals surface area (Å²) >= 11 is 3.20. The first-order valence-corrected chi connectivity index (χ1v) is 6.79. The lowest BCUT2D eigenvalue weighted by Gasteiger charge is -2.26. The van der Waals surface area contributed by atoms with Crippen LogP contribution in [0, 0.1) is 0 Å². The van der Waals surface area contributed by atoms with E-state index in [1.165, 1.54) is 11.3 Å². The number of aromatic nitrogens is 2. The Morgan fingerprint density at radius 3 is 2.87 bits per heavy atom. The largest absolute Gasteiger partial charge is 0.374 e. The van der Waals surface area contributed by atoms with Gasteiger partial charge in [-0.15, -0.1) is 10.2 Å². The smallest absolute Gasteiger partial charge is 0.203 e. The van der Waals surface area contributed by atoms with Crippen LogP contribution in [-0.4, -0.2) is 53.6 Å². The molecule has 0 radical (unpaired) electrons. The highest BCUT2D eigenvalue weighted by Gasteiger charge is 2.09. The van der Waals surface area contributed by atoms with Crippen molar-refractivity contribution in [3.8, 4) is 0 Å². The van der Waals surface area contributed by atoms with Gasteiger partial charge in [0, 0.05) is 38.5 Å². The Kier molecular flexibility index (Phi) is 4.18. The molecule has 1 aliphatic rings. The van der Waals surface area contributed by atoms with Gasteiger partial charge in [-0.25, -0.2) is 0 Å². The number of anilines is 1. The van der Waals surface area contributed by atoms with Crippen molar-refractivity contribution in [3.05, 3.63) is 0 Å². The topological polar surface area (TPSA) is 67.1 Å². The summed E-state index contributed by atoms with van der Waals surface area (Å²) in [5.41, 5.74) is 5.51. The standard InChI is InChI=1S/C8H15N5S2/c9-7-11-12-8(15-7)14-6-5-13-3-1-10-2-4-13/h10H,1-6H2,(H2,9,11). The zero-order valence-electron chi connectivity index (χ0n) is 8.48. The zero-order chi connectivity index (χ0) is 10.5. The molecule has 3 N–H and O–H groups in total. The molecule has 15 heavy (non-hydrogen) atoms. The minimum absolute atomic E-state index is 0.555. The highest BCUT2D eigenvalue weighted by Crippen LogP contribution is 2.23. The third kappa shape index (κ3) is 3.60. The lowest BCUT2D eigenvalue weighted by Crippen LogP contribution is -2.44. The van der Waals surface area contributed by atoms with E-state index in [0.717, 1.165) is 42.8 Å². The van der Waals surface area contributed by atoms with E-state index in [0.29, 0.717) is 5.13 Å². The Morgan fingerprint density at radius 1 is 1.40 bits per heavy atom. The summed E-state index contributed by atoms with van der Waals surface area (Å²) in [4.78, 5) is 2.47. The number of nitrogen functional groups attached to an aromatic ring is 1. The van der Waals surface area contributed by atoms with Crippen LogP contribution in [0.3, 0.4) is 0 Å². The van der Waals surface area contributed by atoms with E-state index in [1.54, 1.807) is 11.8 Å². The van der Waals surface area contributed by atoms with Gasteiger partial charge in [0.05, 0.1) is 0 Å². The molecule has 0 atom stereocenters. The molecule has 0 saturated carbocycles. The van der Waals surface area contributed by atoms with Crippen molar-refractivity contribution in [2.45, 2.75) is 4.34 Å². The first-order valence-electron chi connectivity index (χ1n) is 4.99. The lowest BCUT2D eigenvalue weighted by molar-refractivity contribution is 0.255. The van der Waals surface area contributed by atoms with Crippen LogP contribution in [0.5, 0.6) is 0 Å². The molecule has 0 spiro atoms. The first kappa shape index (κ1) is 11.1. The van der Waals surface area contributed by atoms with Gasteiger partial charge in [0.2, 0.25) is 5.13 Å². The number of piperazine rings is 1. The van der Waals surface area contributed by atoms with E-state index in [2.05, 4.69) is 20.4 Å². The van der Waals surface area contributed by atoms with Gasteiger partial charge >= 0.3 is 0 Å². The molecule has 1 aliphatic heterocycles. The summed E-state index contributed by atoms with van der Waals surface area (Å²) in [5.74, 6) is 1.06. The van der Waals surface area contributed by atoms with Gasteiger partial charge in [-0.05, 0) is 0 Å². The van der Waals surface area contributed by atoms with Gasteiger partial charge < -0.3 is 11.1 Å². The predicted octanol–water partition coefficient (Wildman–Crippen LogP) is 0.118. The predicted molar refractivity (Wildman–Crippen MR) is 64.4 cm³/mol. The van der Waals surface area contributed by atoms with Crippen molar-refractivity contribution in [3.63, 3.8) is 0 Å². The van der Waals surface area contributed by atoms with Gasteiger partial charge in [0.25, 0.3) is 0 Å². The van der Waals surface area contributed by atoms with Crippen molar-refractivity contribution in [2.75, 3.05) is 44.2 Å². The highest BCUT2D eigenvalue weighted by molar-refractivity contribution is 8.01. The fraction of sp³-hybridized carbons (Fsp3) is 0.750. The van der Waals surface area contributed by atoms with E-state index >= 15 is 0 Å². The zero-order valence-corrected chi connectivity index (χ0v) is 10.1. The second-order valence-corrected chi connectivity index (χ2v) is 5.70. The summed E-state index contributed by atoms with van der Waals surface area (Å²) < 4.78 is 0.975. The average Bonchev–Trinajstić information content (AvgIpc) is 2.66. The van der Waals surface area contributed by atoms with E-state index in [4.69, 9.17) is 5.73 Å². The lowest BCUT2D eigenvalue weighted by atomic mass is 10.4. The Bertz CT molecular complexity index is 297. The number of hydrogen-bond acceptors (Lipinski definition) is 7. The van der Waals surface area contributed by atoms with Crippen molar-refractivity contribution in [2.24, 2.45) is 0 Å². The summed E-state index contributed by atoms with van der Waals surface area (Å²) in [6, 6.07) is 0. The number of thioether (sulfide) groups is 1. The second-order valence-electron chi connectivity index (χ2n) is 3.35. The molecule has 2 heterocycles. The van der Waals surface area contributed by atoms with Crippen LogP contribution in [0.1, 0.15) is 0 Å². The third-order valence-electron chi connectivity index (χ3n) is 2.26. The molecular weight excluding hydrogens is 230 g/mol. The third-order valence-corrected chi connectivity index (χ3v) is 4.13. The minimum atomic E-state index is 0.555. The van der Waals surface area contributed by atoms with Gasteiger partial charge in [0.15, 0.2) is 4.34 Å². The highest BCUT2D eigenvalue weighted by atomic mass is 32.2. The monoisotopic (exact) mass is 245 g/mol. The molecule has 84 valence electrons. The summed E-state index contributed by atoms with van der Waals surface area (Å²) in [7, 11) is 0. The van der Waals surface area contributed by atoms with Crippen LogP contribution in [-0.2, 0) is 0 Å². The van der Waals surface area contributed by atoms with Gasteiger partial charge in [-0.3, -0.25) is 4.90 Å². The number of nitrogens with zero attached hydrogens (tertiary/aromatic N) is 3. The second kappa shape index (κ2) is 5.64. The molecule has 0 aliphatic carbocycles. The molecule has 0 amide bonds. The number of rotatable bonds is 4. The quantitative estimate of drug-likeness (QED) is 0.734. The SMILES string of the molecule is Nc1nnc(SCCN2CCNCC2)s1. The van der Waals surface area contributed by atoms with Crippen LogP contribution in [0.25, 0.3) is 0 Å². The Morgan fingerprint density at radius 2 is 2.20 bits per heavy atom. The van der Waals surface area contributed by atoms with Crippen LogP contribution in [0.15, 0.2) is 4.34 Å². The molecule has 0 bridgehead atoms. The van der Waals surface area contributed by atoms with Crippen LogP contribution in [0.2, 0.25) is 0 Å². The molecule has 1 saturated heterocycles. The Labute approximate surface area is 97.4 Å². The van der Waals surface area contributed by atoms with E-state index in [9.17, 15) is 0 Å². The van der Waals surface area contributed by atoms with E-state index < -0.39 is 0 Å². The molecule has 1 fully saturated rings. The van der Waals surface area contributed by atoms with Crippen LogP contribution in [0.4, 0.5) is 5.13 Å². The summed E-state index contributed by atoms with van der Waals surface area (Å²) in [6.07, 6.45) is 0. The molecule has 5 nitrogen and oxygen atoms in total. The fourth-order valence-electron chi connectivity index (χ4n) is 1.48. The average molecular weight is 245 g/mol. The molecule has 1 aromatic heterocycles. The number of hydrogen-bond donors (Lipinski definition) is 2. The summed E-state index contributed by atoms with van der Waals surface area (Å²) in [5, 5.41) is 11.7. The maximum Gasteiger partial charge on any atom is 0.203 e. The maximum absolute atomic E-state index is 5.51. The summed E-state index contributed by atoms with van der Waals surface area (Å²) in [6.45, 7) is 5.64. The van der Waals surface area contributed by atoms with Gasteiger partial charge in [0.1, 0.15) is 0 Å². The normalized spacial score (nSPS) is 18.1. The van der Waals surface area contributed by atoms with Crippen molar-refractivity contribution in [1.82, 2.24) is 20.4 Å². The molecule has 0 aromatic carbocycles. The van der Waals surface area contributed by atoms with Crippen molar-refractivity contribution < 1.29 is 0 Å². The molecular formula is C8H15N5S2. The molecule has 1 aromatic rings. The van der Waals surface area contributed by atoms with Crippen molar-refractivity contribution in [1.29, 1.82) is 0 Å². The number of nitrogens with one attached hydrogen (secondary N) is 1. The Balaban J connectivity index is 1.65. The molecule has 0 unspecified atom stereocenters. The van der Waals surface area contributed by atoms with E-state index in [1.807, 2.05) is 0 Å². The Hall–Kier alpha value is -0.370. The van der Waals surface area contributed by atoms with Crippen LogP contribution < -0.4 is 11.1 Å². The van der Waals surface area contributed by atoms with Crippen molar-refractivity contribution >= 4 is 28.2 Å².